The summed E-state index contributed by atoms with van der Waals surface area (Å²) in [6.07, 6.45) is 3.77. The number of ether oxygens (including phenoxy) is 5. The number of rotatable bonds is 8. The molecule has 34 heavy (non-hydrogen) atoms. The quantitative estimate of drug-likeness (QED) is 0.565. The van der Waals surface area contributed by atoms with Crippen molar-refractivity contribution in [3.8, 4) is 23.0 Å². The molecule has 1 aliphatic carbocycles. The molecule has 1 aliphatic heterocycles. The van der Waals surface area contributed by atoms with Gasteiger partial charge in [-0.05, 0) is 37.1 Å². The average molecular weight is 470 g/mol. The van der Waals surface area contributed by atoms with E-state index in [1.54, 1.807) is 24.3 Å². The molecule has 2 amide bonds. The van der Waals surface area contributed by atoms with Crippen molar-refractivity contribution in [1.29, 1.82) is 0 Å². The van der Waals surface area contributed by atoms with Crippen LogP contribution in [0, 0.1) is 0 Å². The van der Waals surface area contributed by atoms with Gasteiger partial charge in [-0.1, -0.05) is 0 Å². The van der Waals surface area contributed by atoms with E-state index in [4.69, 9.17) is 23.7 Å². The van der Waals surface area contributed by atoms with Gasteiger partial charge in [0.1, 0.15) is 18.0 Å². The first-order valence-electron chi connectivity index (χ1n) is 10.9. The second-order valence-electron chi connectivity index (χ2n) is 7.98. The average Bonchev–Trinajstić information content (AvgIpc) is 3.45. The largest absolute Gasteiger partial charge is 0.497 e. The SMILES string of the molecule is COc1cc(OC)cc(C(=O)NCC(=O)OCC(=O)Nc2ccc3c(c2)OC2(CCCC2)O3)c1. The molecule has 4 rings (SSSR count). The molecular weight excluding hydrogens is 444 g/mol. The van der Waals surface area contributed by atoms with Gasteiger partial charge in [0.2, 0.25) is 0 Å². The summed E-state index contributed by atoms with van der Waals surface area (Å²) in [5.74, 6) is -0.278. The molecular formula is C24H26N2O8. The summed E-state index contributed by atoms with van der Waals surface area (Å²) in [5, 5.41) is 5.10. The number of amides is 2. The fourth-order valence-corrected chi connectivity index (χ4v) is 3.88. The smallest absolute Gasteiger partial charge is 0.325 e. The van der Waals surface area contributed by atoms with Crippen LogP contribution in [-0.4, -0.2) is 50.9 Å². The molecule has 1 heterocycles. The van der Waals surface area contributed by atoms with Crippen LogP contribution >= 0.6 is 0 Å². The van der Waals surface area contributed by atoms with E-state index in [0.717, 1.165) is 25.7 Å². The minimum atomic E-state index is -0.757. The fourth-order valence-electron chi connectivity index (χ4n) is 3.88. The first-order chi connectivity index (χ1) is 16.4. The number of carbonyl (C=O) groups excluding carboxylic acids is 3. The number of hydrogen-bond acceptors (Lipinski definition) is 8. The van der Waals surface area contributed by atoms with Gasteiger partial charge in [0.15, 0.2) is 18.1 Å². The zero-order valence-electron chi connectivity index (χ0n) is 19.0. The van der Waals surface area contributed by atoms with Crippen molar-refractivity contribution in [3.63, 3.8) is 0 Å². The van der Waals surface area contributed by atoms with E-state index in [9.17, 15) is 14.4 Å². The van der Waals surface area contributed by atoms with E-state index in [1.165, 1.54) is 26.4 Å². The molecule has 2 aromatic carbocycles. The minimum absolute atomic E-state index is 0.254. The van der Waals surface area contributed by atoms with Crippen LogP contribution in [0.4, 0.5) is 5.69 Å². The summed E-state index contributed by atoms with van der Waals surface area (Å²) in [7, 11) is 2.93. The molecule has 0 radical (unpaired) electrons. The number of nitrogens with one attached hydrogen (secondary N) is 2. The maximum absolute atomic E-state index is 12.3. The minimum Gasteiger partial charge on any atom is -0.497 e. The van der Waals surface area contributed by atoms with Crippen molar-refractivity contribution >= 4 is 23.5 Å². The van der Waals surface area contributed by atoms with Crippen LogP contribution in [0.5, 0.6) is 23.0 Å². The summed E-state index contributed by atoms with van der Waals surface area (Å²) in [4.78, 5) is 36.5. The predicted molar refractivity (Wildman–Crippen MR) is 120 cm³/mol. The van der Waals surface area contributed by atoms with Crippen LogP contribution in [0.2, 0.25) is 0 Å². The van der Waals surface area contributed by atoms with E-state index in [1.807, 2.05) is 0 Å². The highest BCUT2D eigenvalue weighted by atomic mass is 16.7. The van der Waals surface area contributed by atoms with Crippen LogP contribution in [0.3, 0.4) is 0 Å². The summed E-state index contributed by atoms with van der Waals surface area (Å²) >= 11 is 0. The molecule has 0 bridgehead atoms. The van der Waals surface area contributed by atoms with Crippen molar-refractivity contribution < 1.29 is 38.1 Å². The Hall–Kier alpha value is -3.95. The van der Waals surface area contributed by atoms with Gasteiger partial charge < -0.3 is 34.3 Å². The Bertz CT molecular complexity index is 1070. The first-order valence-corrected chi connectivity index (χ1v) is 10.9. The molecule has 2 aromatic rings. The summed E-state index contributed by atoms with van der Waals surface area (Å²) in [5.41, 5.74) is 0.752. The lowest BCUT2D eigenvalue weighted by atomic mass is 10.2. The lowest BCUT2D eigenvalue weighted by Crippen LogP contribution is -2.34. The number of methoxy groups -OCH3 is 2. The van der Waals surface area contributed by atoms with Gasteiger partial charge in [-0.3, -0.25) is 14.4 Å². The predicted octanol–water partition coefficient (Wildman–Crippen LogP) is 2.66. The molecule has 1 spiro atoms. The molecule has 10 heteroatoms. The van der Waals surface area contributed by atoms with E-state index >= 15 is 0 Å². The Kier molecular flexibility index (Phi) is 6.76. The van der Waals surface area contributed by atoms with Crippen LogP contribution in [0.1, 0.15) is 36.0 Å². The van der Waals surface area contributed by atoms with Gasteiger partial charge in [0.05, 0.1) is 14.2 Å². The molecule has 1 saturated carbocycles. The zero-order valence-corrected chi connectivity index (χ0v) is 19.0. The van der Waals surface area contributed by atoms with Crippen molar-refractivity contribution in [1.82, 2.24) is 5.32 Å². The Labute approximate surface area is 196 Å². The fraction of sp³-hybridized carbons (Fsp3) is 0.375. The van der Waals surface area contributed by atoms with E-state index in [0.29, 0.717) is 28.7 Å². The van der Waals surface area contributed by atoms with Crippen LogP contribution in [0.25, 0.3) is 0 Å². The molecule has 0 aromatic heterocycles. The van der Waals surface area contributed by atoms with E-state index < -0.39 is 36.7 Å². The molecule has 0 saturated heterocycles. The third-order valence-electron chi connectivity index (χ3n) is 5.56. The number of hydrogen-bond donors (Lipinski definition) is 2. The Morgan fingerprint density at radius 2 is 1.62 bits per heavy atom. The molecule has 1 fully saturated rings. The van der Waals surface area contributed by atoms with E-state index in [-0.39, 0.29) is 5.56 Å². The standard InChI is InChI=1S/C24H26N2O8/c1-30-17-9-15(10-18(12-17)31-2)23(29)25-13-22(28)32-14-21(27)26-16-5-6-19-20(11-16)34-24(33-19)7-3-4-8-24/h5-6,9-12H,3-4,7-8,13-14H2,1-2H3,(H,25,29)(H,26,27). The summed E-state index contributed by atoms with van der Waals surface area (Å²) < 4.78 is 27.1. The van der Waals surface area contributed by atoms with Crippen LogP contribution < -0.4 is 29.6 Å². The maximum Gasteiger partial charge on any atom is 0.325 e. The Morgan fingerprint density at radius 3 is 2.29 bits per heavy atom. The molecule has 2 aliphatic rings. The van der Waals surface area contributed by atoms with Crippen molar-refractivity contribution in [2.24, 2.45) is 0 Å². The number of fused-ring (bicyclic) bond motifs is 1. The Balaban J connectivity index is 1.23. The maximum atomic E-state index is 12.3. The lowest BCUT2D eigenvalue weighted by molar-refractivity contribution is -0.146. The van der Waals surface area contributed by atoms with Gasteiger partial charge in [-0.15, -0.1) is 0 Å². The third-order valence-corrected chi connectivity index (χ3v) is 5.56. The van der Waals surface area contributed by atoms with Crippen molar-refractivity contribution in [2.45, 2.75) is 31.5 Å². The van der Waals surface area contributed by atoms with Gasteiger partial charge in [0.25, 0.3) is 17.6 Å². The van der Waals surface area contributed by atoms with E-state index in [2.05, 4.69) is 10.6 Å². The normalized spacial score (nSPS) is 15.0. The highest BCUT2D eigenvalue weighted by Gasteiger charge is 2.44. The zero-order chi connectivity index (χ0) is 24.1. The highest BCUT2D eigenvalue weighted by molar-refractivity contribution is 5.97. The second kappa shape index (κ2) is 9.90. The number of benzene rings is 2. The monoisotopic (exact) mass is 470 g/mol. The Morgan fingerprint density at radius 1 is 0.941 bits per heavy atom. The highest BCUT2D eigenvalue weighted by Crippen LogP contribution is 2.47. The molecule has 0 atom stereocenters. The van der Waals surface area contributed by atoms with Crippen molar-refractivity contribution in [2.75, 3.05) is 32.7 Å². The lowest BCUT2D eigenvalue weighted by Gasteiger charge is -2.21. The number of esters is 1. The van der Waals surface area contributed by atoms with Gasteiger partial charge >= 0.3 is 5.97 Å². The molecule has 0 unspecified atom stereocenters. The summed E-state index contributed by atoms with van der Waals surface area (Å²) in [6.45, 7) is -0.905. The van der Waals surface area contributed by atoms with Crippen LogP contribution in [-0.2, 0) is 14.3 Å². The number of anilines is 1. The second-order valence-corrected chi connectivity index (χ2v) is 7.98. The van der Waals surface area contributed by atoms with Crippen LogP contribution in [0.15, 0.2) is 36.4 Å². The van der Waals surface area contributed by atoms with Crippen molar-refractivity contribution in [3.05, 3.63) is 42.0 Å². The summed E-state index contributed by atoms with van der Waals surface area (Å²) in [6, 6.07) is 9.76. The molecule has 180 valence electrons. The third kappa shape index (κ3) is 5.33. The number of carbonyl (C=O) groups is 3. The molecule has 2 N–H and O–H groups in total. The first kappa shape index (κ1) is 23.2. The van der Waals surface area contributed by atoms with Gasteiger partial charge in [-0.2, -0.15) is 0 Å². The van der Waals surface area contributed by atoms with Gasteiger partial charge in [-0.25, -0.2) is 0 Å². The molecule has 10 nitrogen and oxygen atoms in total. The topological polar surface area (TPSA) is 121 Å². The van der Waals surface area contributed by atoms with Gasteiger partial charge in [0, 0.05) is 36.2 Å².